The van der Waals surface area contributed by atoms with Gasteiger partial charge in [-0.05, 0) is 29.7 Å². The number of aromatic nitrogens is 3. The largest absolute Gasteiger partial charge is 0.394 e. The Labute approximate surface area is 169 Å². The Kier molecular flexibility index (Phi) is 4.56. The molecule has 150 valence electrons. The Morgan fingerprint density at radius 3 is 2.76 bits per heavy atom. The van der Waals surface area contributed by atoms with E-state index in [1.807, 2.05) is 30.1 Å². The van der Waals surface area contributed by atoms with E-state index in [1.165, 1.54) is 5.56 Å². The van der Waals surface area contributed by atoms with Crippen LogP contribution in [-0.2, 0) is 13.6 Å². The first-order valence-electron chi connectivity index (χ1n) is 10.1. The predicted molar refractivity (Wildman–Crippen MR) is 109 cm³/mol. The Bertz CT molecular complexity index is 1030. The summed E-state index contributed by atoms with van der Waals surface area (Å²) < 4.78 is 1.70. The number of aryl methyl sites for hydroxylation is 1. The summed E-state index contributed by atoms with van der Waals surface area (Å²) in [6.07, 6.45) is 0. The number of likely N-dealkylation sites (tertiary alicyclic amines) is 2. The minimum atomic E-state index is -0.133. The van der Waals surface area contributed by atoms with Crippen LogP contribution in [-0.4, -0.2) is 68.1 Å². The number of aliphatic hydroxyl groups is 1. The van der Waals surface area contributed by atoms with Gasteiger partial charge in [0.2, 0.25) is 0 Å². The standard InChI is InChI=1S/C22H25N5O2/c1-25-20-8-7-16(9-19(20)23-24-25)22(29)27-12-17-11-26(13-18(17)21(27)14-28)10-15-5-3-2-4-6-15/h2-9,17-18,21,28H,10-14H2,1H3/t17-,18-,21+/m0/s1. The SMILES string of the molecule is Cn1nnc2cc(C(=O)N3C[C@@H]4CN(Cc5ccccc5)C[C@@H]4[C@H]3CO)ccc21. The van der Waals surface area contributed by atoms with Gasteiger partial charge in [-0.1, -0.05) is 35.5 Å². The van der Waals surface area contributed by atoms with E-state index in [2.05, 4.69) is 39.5 Å². The highest BCUT2D eigenvalue weighted by Crippen LogP contribution is 2.37. The van der Waals surface area contributed by atoms with Crippen molar-refractivity contribution in [3.8, 4) is 0 Å². The number of fused-ring (bicyclic) bond motifs is 2. The molecule has 5 rings (SSSR count). The topological polar surface area (TPSA) is 74.5 Å². The molecule has 7 nitrogen and oxygen atoms in total. The number of aliphatic hydroxyl groups excluding tert-OH is 1. The summed E-state index contributed by atoms with van der Waals surface area (Å²) in [5.74, 6) is 0.689. The van der Waals surface area contributed by atoms with E-state index in [1.54, 1.807) is 10.7 Å². The minimum Gasteiger partial charge on any atom is -0.394 e. The van der Waals surface area contributed by atoms with Gasteiger partial charge in [-0.3, -0.25) is 9.69 Å². The average Bonchev–Trinajstić information content (AvgIpc) is 3.40. The van der Waals surface area contributed by atoms with Crippen molar-refractivity contribution in [3.63, 3.8) is 0 Å². The number of rotatable bonds is 4. The van der Waals surface area contributed by atoms with Crippen LogP contribution in [0.4, 0.5) is 0 Å². The molecule has 7 heteroatoms. The van der Waals surface area contributed by atoms with Gasteiger partial charge in [-0.2, -0.15) is 0 Å². The van der Waals surface area contributed by atoms with E-state index in [-0.39, 0.29) is 18.6 Å². The zero-order valence-corrected chi connectivity index (χ0v) is 16.5. The molecule has 29 heavy (non-hydrogen) atoms. The normalized spacial score (nSPS) is 24.3. The van der Waals surface area contributed by atoms with Crippen LogP contribution in [0.25, 0.3) is 11.0 Å². The first-order chi connectivity index (χ1) is 14.1. The van der Waals surface area contributed by atoms with Gasteiger partial charge in [0.15, 0.2) is 0 Å². The van der Waals surface area contributed by atoms with Gasteiger partial charge in [-0.25, -0.2) is 4.68 Å². The first kappa shape index (κ1) is 18.3. The molecule has 0 aliphatic carbocycles. The van der Waals surface area contributed by atoms with Crippen molar-refractivity contribution in [1.29, 1.82) is 0 Å². The molecular weight excluding hydrogens is 366 g/mol. The maximum absolute atomic E-state index is 13.2. The molecule has 0 bridgehead atoms. The summed E-state index contributed by atoms with van der Waals surface area (Å²) in [4.78, 5) is 17.5. The van der Waals surface area contributed by atoms with Gasteiger partial charge in [0.1, 0.15) is 5.52 Å². The van der Waals surface area contributed by atoms with Crippen LogP contribution in [0.5, 0.6) is 0 Å². The van der Waals surface area contributed by atoms with Crippen LogP contribution in [0.1, 0.15) is 15.9 Å². The van der Waals surface area contributed by atoms with Crippen molar-refractivity contribution in [1.82, 2.24) is 24.8 Å². The molecule has 1 aromatic heterocycles. The number of hydrogen-bond donors (Lipinski definition) is 1. The molecule has 0 saturated carbocycles. The third kappa shape index (κ3) is 3.20. The van der Waals surface area contributed by atoms with E-state index in [9.17, 15) is 9.90 Å². The third-order valence-electron chi connectivity index (χ3n) is 6.45. The molecule has 2 saturated heterocycles. The van der Waals surface area contributed by atoms with Crippen molar-refractivity contribution in [2.75, 3.05) is 26.2 Å². The van der Waals surface area contributed by atoms with Gasteiger partial charge in [-0.15, -0.1) is 5.10 Å². The number of carbonyl (C=O) groups is 1. The smallest absolute Gasteiger partial charge is 0.254 e. The van der Waals surface area contributed by atoms with Gasteiger partial charge in [0, 0.05) is 44.7 Å². The zero-order chi connectivity index (χ0) is 20.0. The van der Waals surface area contributed by atoms with Crippen LogP contribution in [0.15, 0.2) is 48.5 Å². The van der Waals surface area contributed by atoms with E-state index >= 15 is 0 Å². The highest BCUT2D eigenvalue weighted by molar-refractivity contribution is 5.97. The fourth-order valence-corrected chi connectivity index (χ4v) is 5.01. The molecule has 2 aliphatic rings. The molecule has 1 N–H and O–H groups in total. The van der Waals surface area contributed by atoms with E-state index in [0.717, 1.165) is 25.2 Å². The fourth-order valence-electron chi connectivity index (χ4n) is 5.01. The van der Waals surface area contributed by atoms with Crippen LogP contribution in [0.3, 0.4) is 0 Å². The summed E-state index contributed by atoms with van der Waals surface area (Å²) >= 11 is 0. The van der Waals surface area contributed by atoms with Gasteiger partial charge < -0.3 is 10.0 Å². The molecular formula is C22H25N5O2. The number of carbonyl (C=O) groups excluding carboxylic acids is 1. The number of benzene rings is 2. The Hall–Kier alpha value is -2.77. The second-order valence-corrected chi connectivity index (χ2v) is 8.23. The lowest BCUT2D eigenvalue weighted by Gasteiger charge is -2.28. The molecule has 2 aliphatic heterocycles. The molecule has 0 radical (unpaired) electrons. The van der Waals surface area contributed by atoms with Gasteiger partial charge in [0.25, 0.3) is 5.91 Å². The van der Waals surface area contributed by atoms with E-state index in [4.69, 9.17) is 0 Å². The monoisotopic (exact) mass is 391 g/mol. The molecule has 0 spiro atoms. The van der Waals surface area contributed by atoms with Crippen LogP contribution >= 0.6 is 0 Å². The lowest BCUT2D eigenvalue weighted by molar-refractivity contribution is 0.0621. The maximum atomic E-state index is 13.2. The highest BCUT2D eigenvalue weighted by Gasteiger charge is 2.48. The Balaban J connectivity index is 1.32. The molecule has 3 atom stereocenters. The zero-order valence-electron chi connectivity index (χ0n) is 16.5. The molecule has 2 aromatic carbocycles. The Morgan fingerprint density at radius 1 is 1.14 bits per heavy atom. The van der Waals surface area contributed by atoms with Crippen LogP contribution < -0.4 is 0 Å². The quantitative estimate of drug-likeness (QED) is 0.730. The van der Waals surface area contributed by atoms with Crippen molar-refractivity contribution in [2.24, 2.45) is 18.9 Å². The average molecular weight is 391 g/mol. The summed E-state index contributed by atoms with van der Waals surface area (Å²) in [6.45, 7) is 3.49. The molecule has 1 amide bonds. The second kappa shape index (κ2) is 7.24. The van der Waals surface area contributed by atoms with E-state index < -0.39 is 0 Å². The van der Waals surface area contributed by atoms with Crippen LogP contribution in [0, 0.1) is 11.8 Å². The van der Waals surface area contributed by atoms with Gasteiger partial charge >= 0.3 is 0 Å². The van der Waals surface area contributed by atoms with E-state index in [0.29, 0.717) is 29.5 Å². The summed E-state index contributed by atoms with van der Waals surface area (Å²) in [6, 6.07) is 15.8. The lowest BCUT2D eigenvalue weighted by Crippen LogP contribution is -2.42. The maximum Gasteiger partial charge on any atom is 0.254 e. The minimum absolute atomic E-state index is 0.000525. The van der Waals surface area contributed by atoms with Gasteiger partial charge in [0.05, 0.1) is 18.2 Å². The molecule has 2 fully saturated rings. The molecule has 0 unspecified atom stereocenters. The van der Waals surface area contributed by atoms with Crippen molar-refractivity contribution >= 4 is 16.9 Å². The molecule has 3 heterocycles. The third-order valence-corrected chi connectivity index (χ3v) is 6.45. The summed E-state index contributed by atoms with van der Waals surface area (Å²) in [5, 5.41) is 18.2. The summed E-state index contributed by atoms with van der Waals surface area (Å²) in [7, 11) is 1.83. The molecule has 3 aromatic rings. The first-order valence-corrected chi connectivity index (χ1v) is 10.1. The number of amides is 1. The lowest BCUT2D eigenvalue weighted by atomic mass is 9.94. The fraction of sp³-hybridized carbons (Fsp3) is 0.409. The van der Waals surface area contributed by atoms with Crippen molar-refractivity contribution in [3.05, 3.63) is 59.7 Å². The van der Waals surface area contributed by atoms with Crippen LogP contribution in [0.2, 0.25) is 0 Å². The predicted octanol–water partition coefficient (Wildman–Crippen LogP) is 1.53. The second-order valence-electron chi connectivity index (χ2n) is 8.23. The van der Waals surface area contributed by atoms with Crippen molar-refractivity contribution < 1.29 is 9.90 Å². The number of nitrogens with zero attached hydrogens (tertiary/aromatic N) is 5. The Morgan fingerprint density at radius 2 is 1.97 bits per heavy atom. The number of hydrogen-bond acceptors (Lipinski definition) is 5. The summed E-state index contributed by atoms with van der Waals surface area (Å²) in [5.41, 5.74) is 3.53. The highest BCUT2D eigenvalue weighted by atomic mass is 16.3. The van der Waals surface area contributed by atoms with Crippen molar-refractivity contribution in [2.45, 2.75) is 12.6 Å².